The fourth-order valence-electron chi connectivity index (χ4n) is 2.30. The van der Waals surface area contributed by atoms with Crippen LogP contribution in [-0.2, 0) is 9.53 Å². The second-order valence-electron chi connectivity index (χ2n) is 5.03. The Kier molecular flexibility index (Phi) is 7.25. The van der Waals surface area contributed by atoms with Gasteiger partial charge in [0.05, 0.1) is 19.3 Å². The molecular formula is C14H27NO2. The summed E-state index contributed by atoms with van der Waals surface area (Å²) in [6.45, 7) is 6.46. The lowest BCUT2D eigenvalue weighted by atomic mass is 10.1. The second-order valence-corrected chi connectivity index (χ2v) is 5.03. The van der Waals surface area contributed by atoms with Crippen LogP contribution in [0.2, 0.25) is 0 Å². The van der Waals surface area contributed by atoms with Crippen LogP contribution in [0.4, 0.5) is 0 Å². The molecule has 3 nitrogen and oxygen atoms in total. The lowest BCUT2D eigenvalue weighted by Crippen LogP contribution is -2.47. The van der Waals surface area contributed by atoms with Crippen molar-refractivity contribution in [3.8, 4) is 0 Å². The standard InChI is InChI=1S/C14H27NO2/c1-3-4-5-6-7-8-9-14(16)15-10-11-17-12-13(15)2/h13H,3-12H2,1-2H3/t13-/m1/s1. The molecule has 17 heavy (non-hydrogen) atoms. The summed E-state index contributed by atoms with van der Waals surface area (Å²) in [5.41, 5.74) is 0. The number of hydrogen-bond donors (Lipinski definition) is 0. The number of amides is 1. The monoisotopic (exact) mass is 241 g/mol. The van der Waals surface area contributed by atoms with Crippen LogP contribution in [0.5, 0.6) is 0 Å². The Labute approximate surface area is 106 Å². The highest BCUT2D eigenvalue weighted by Gasteiger charge is 2.22. The van der Waals surface area contributed by atoms with E-state index in [1.807, 2.05) is 4.90 Å². The molecule has 0 saturated carbocycles. The van der Waals surface area contributed by atoms with Gasteiger partial charge in [-0.15, -0.1) is 0 Å². The quantitative estimate of drug-likeness (QED) is 0.641. The molecular weight excluding hydrogens is 214 g/mol. The van der Waals surface area contributed by atoms with Crippen LogP contribution in [0.25, 0.3) is 0 Å². The lowest BCUT2D eigenvalue weighted by Gasteiger charge is -2.33. The molecule has 0 aromatic heterocycles. The van der Waals surface area contributed by atoms with Crippen LogP contribution in [0.1, 0.15) is 58.8 Å². The van der Waals surface area contributed by atoms with Gasteiger partial charge in [-0.2, -0.15) is 0 Å². The number of morpholine rings is 1. The van der Waals surface area contributed by atoms with E-state index < -0.39 is 0 Å². The first-order valence-corrected chi connectivity index (χ1v) is 7.13. The Balaban J connectivity index is 2.07. The van der Waals surface area contributed by atoms with Crippen LogP contribution >= 0.6 is 0 Å². The molecule has 1 atom stereocenters. The van der Waals surface area contributed by atoms with Crippen molar-refractivity contribution >= 4 is 5.91 Å². The van der Waals surface area contributed by atoms with Gasteiger partial charge in [0.1, 0.15) is 0 Å². The van der Waals surface area contributed by atoms with Crippen LogP contribution in [0.3, 0.4) is 0 Å². The minimum absolute atomic E-state index is 0.261. The molecule has 3 heteroatoms. The maximum absolute atomic E-state index is 12.0. The minimum atomic E-state index is 0.261. The third-order valence-electron chi connectivity index (χ3n) is 3.43. The summed E-state index contributed by atoms with van der Waals surface area (Å²) >= 11 is 0. The van der Waals surface area contributed by atoms with Crippen molar-refractivity contribution in [3.63, 3.8) is 0 Å². The van der Waals surface area contributed by atoms with Gasteiger partial charge >= 0.3 is 0 Å². The number of hydrogen-bond acceptors (Lipinski definition) is 2. The van der Waals surface area contributed by atoms with E-state index in [-0.39, 0.29) is 6.04 Å². The van der Waals surface area contributed by atoms with E-state index in [0.717, 1.165) is 19.4 Å². The molecule has 0 aromatic carbocycles. The predicted octanol–water partition coefficient (Wildman–Crippen LogP) is 2.98. The number of ether oxygens (including phenoxy) is 1. The molecule has 0 radical (unpaired) electrons. The summed E-state index contributed by atoms with van der Waals surface area (Å²) in [7, 11) is 0. The topological polar surface area (TPSA) is 29.5 Å². The Hall–Kier alpha value is -0.570. The minimum Gasteiger partial charge on any atom is -0.377 e. The van der Waals surface area contributed by atoms with Crippen molar-refractivity contribution in [2.75, 3.05) is 19.8 Å². The molecule has 1 saturated heterocycles. The van der Waals surface area contributed by atoms with E-state index in [2.05, 4.69) is 13.8 Å². The van der Waals surface area contributed by atoms with Crippen molar-refractivity contribution in [1.29, 1.82) is 0 Å². The van der Waals surface area contributed by atoms with Gasteiger partial charge in [0.25, 0.3) is 0 Å². The number of carbonyl (C=O) groups excluding carboxylic acids is 1. The SMILES string of the molecule is CCCCCCCCC(=O)N1CCOC[C@H]1C. The molecule has 0 spiro atoms. The molecule has 0 unspecified atom stereocenters. The zero-order valence-corrected chi connectivity index (χ0v) is 11.4. The largest absolute Gasteiger partial charge is 0.377 e. The van der Waals surface area contributed by atoms with Gasteiger partial charge in [0, 0.05) is 13.0 Å². The number of carbonyl (C=O) groups is 1. The maximum Gasteiger partial charge on any atom is 0.222 e. The lowest BCUT2D eigenvalue weighted by molar-refractivity contribution is -0.139. The molecule has 1 amide bonds. The highest BCUT2D eigenvalue weighted by Crippen LogP contribution is 2.12. The maximum atomic E-state index is 12.0. The predicted molar refractivity (Wildman–Crippen MR) is 70.0 cm³/mol. The van der Waals surface area contributed by atoms with Crippen molar-refractivity contribution < 1.29 is 9.53 Å². The first-order chi connectivity index (χ1) is 8.25. The van der Waals surface area contributed by atoms with Gasteiger partial charge in [0.15, 0.2) is 0 Å². The summed E-state index contributed by atoms with van der Waals surface area (Å²) in [5.74, 6) is 0.316. The second kappa shape index (κ2) is 8.51. The molecule has 0 N–H and O–H groups in total. The van der Waals surface area contributed by atoms with Crippen molar-refractivity contribution in [2.24, 2.45) is 0 Å². The Morgan fingerprint density at radius 1 is 1.24 bits per heavy atom. The average Bonchev–Trinajstić information content (AvgIpc) is 2.34. The molecule has 1 rings (SSSR count). The van der Waals surface area contributed by atoms with E-state index in [1.165, 1.54) is 32.1 Å². The van der Waals surface area contributed by atoms with E-state index in [4.69, 9.17) is 4.74 Å². The van der Waals surface area contributed by atoms with E-state index in [9.17, 15) is 4.79 Å². The highest BCUT2D eigenvalue weighted by atomic mass is 16.5. The fraction of sp³-hybridized carbons (Fsp3) is 0.929. The Bertz CT molecular complexity index is 218. The summed E-state index contributed by atoms with van der Waals surface area (Å²) in [6.07, 6.45) is 8.17. The van der Waals surface area contributed by atoms with Gasteiger partial charge in [0.2, 0.25) is 5.91 Å². The van der Waals surface area contributed by atoms with E-state index in [0.29, 0.717) is 19.1 Å². The molecule has 1 fully saturated rings. The first kappa shape index (κ1) is 14.5. The van der Waals surface area contributed by atoms with Gasteiger partial charge in [-0.25, -0.2) is 0 Å². The normalized spacial score (nSPS) is 20.6. The zero-order chi connectivity index (χ0) is 12.5. The molecule has 0 aliphatic carbocycles. The van der Waals surface area contributed by atoms with Crippen LogP contribution in [0.15, 0.2) is 0 Å². The summed E-state index contributed by atoms with van der Waals surface area (Å²) < 4.78 is 5.34. The van der Waals surface area contributed by atoms with Gasteiger partial charge in [-0.05, 0) is 13.3 Å². The van der Waals surface area contributed by atoms with E-state index >= 15 is 0 Å². The molecule has 1 aliphatic rings. The summed E-state index contributed by atoms with van der Waals surface area (Å²) in [6, 6.07) is 0.261. The number of unbranched alkanes of at least 4 members (excludes halogenated alkanes) is 5. The van der Waals surface area contributed by atoms with Crippen LogP contribution < -0.4 is 0 Å². The zero-order valence-electron chi connectivity index (χ0n) is 11.4. The van der Waals surface area contributed by atoms with Crippen molar-refractivity contribution in [2.45, 2.75) is 64.8 Å². The van der Waals surface area contributed by atoms with E-state index in [1.54, 1.807) is 0 Å². The third-order valence-corrected chi connectivity index (χ3v) is 3.43. The molecule has 1 aliphatic heterocycles. The highest BCUT2D eigenvalue weighted by molar-refractivity contribution is 5.76. The first-order valence-electron chi connectivity index (χ1n) is 7.13. The van der Waals surface area contributed by atoms with Crippen molar-refractivity contribution in [3.05, 3.63) is 0 Å². The molecule has 0 bridgehead atoms. The van der Waals surface area contributed by atoms with Gasteiger partial charge in [-0.3, -0.25) is 4.79 Å². The van der Waals surface area contributed by atoms with Gasteiger partial charge < -0.3 is 9.64 Å². The molecule has 1 heterocycles. The average molecular weight is 241 g/mol. The number of nitrogens with zero attached hydrogens (tertiary/aromatic N) is 1. The smallest absolute Gasteiger partial charge is 0.222 e. The van der Waals surface area contributed by atoms with Crippen molar-refractivity contribution in [1.82, 2.24) is 4.90 Å². The molecule has 0 aromatic rings. The van der Waals surface area contributed by atoms with Gasteiger partial charge in [-0.1, -0.05) is 39.0 Å². The Morgan fingerprint density at radius 2 is 1.94 bits per heavy atom. The summed E-state index contributed by atoms with van der Waals surface area (Å²) in [5, 5.41) is 0. The molecule has 100 valence electrons. The van der Waals surface area contributed by atoms with Crippen LogP contribution in [-0.4, -0.2) is 36.6 Å². The third kappa shape index (κ3) is 5.53. The van der Waals surface area contributed by atoms with Crippen LogP contribution in [0, 0.1) is 0 Å². The number of rotatable bonds is 7. The summed E-state index contributed by atoms with van der Waals surface area (Å²) in [4.78, 5) is 13.9. The fourth-order valence-corrected chi connectivity index (χ4v) is 2.30. The Morgan fingerprint density at radius 3 is 2.65 bits per heavy atom.